The van der Waals surface area contributed by atoms with Crippen LogP contribution in [0.15, 0.2) is 24.3 Å². The highest BCUT2D eigenvalue weighted by Gasteiger charge is 2.14. The summed E-state index contributed by atoms with van der Waals surface area (Å²) in [4.78, 5) is 10.6. The van der Waals surface area contributed by atoms with Crippen molar-refractivity contribution in [3.05, 3.63) is 29.8 Å². The Bertz CT molecular complexity index is 385. The number of aldehydes is 1. The van der Waals surface area contributed by atoms with Gasteiger partial charge in [-0.25, -0.2) is 0 Å². The largest absolute Gasteiger partial charge is 0.495 e. The second-order valence-corrected chi connectivity index (χ2v) is 3.09. The molecular weight excluding hydrogens is 178 g/mol. The van der Waals surface area contributed by atoms with Crippen LogP contribution in [0.5, 0.6) is 5.75 Å². The first-order chi connectivity index (χ1) is 6.85. The molecule has 0 bridgehead atoms. The average Bonchev–Trinajstić information content (AvgIpc) is 2.27. The van der Waals surface area contributed by atoms with Crippen LogP contribution in [-0.2, 0) is 4.79 Å². The van der Waals surface area contributed by atoms with Crippen molar-refractivity contribution in [3.8, 4) is 5.75 Å². The smallest absolute Gasteiger partial charge is 0.146 e. The van der Waals surface area contributed by atoms with Crippen LogP contribution >= 0.6 is 0 Å². The molecule has 1 aliphatic rings. The van der Waals surface area contributed by atoms with Crippen molar-refractivity contribution >= 4 is 18.0 Å². The number of hydrogen-bond donors (Lipinski definition) is 1. The number of carbonyl (C=O) groups excluding carboxylic acids is 1. The Morgan fingerprint density at radius 2 is 2.36 bits per heavy atom. The van der Waals surface area contributed by atoms with Crippen molar-refractivity contribution in [1.82, 2.24) is 0 Å². The van der Waals surface area contributed by atoms with Gasteiger partial charge in [0.2, 0.25) is 0 Å². The lowest BCUT2D eigenvalue weighted by Gasteiger charge is -2.20. The highest BCUT2D eigenvalue weighted by Crippen LogP contribution is 2.32. The number of anilines is 1. The second kappa shape index (κ2) is 3.54. The number of nitrogens with one attached hydrogen (secondary N) is 1. The van der Waals surface area contributed by atoms with Crippen LogP contribution in [0, 0.1) is 0 Å². The van der Waals surface area contributed by atoms with Crippen molar-refractivity contribution in [2.24, 2.45) is 0 Å². The molecule has 72 valence electrons. The average molecular weight is 189 g/mol. The summed E-state index contributed by atoms with van der Waals surface area (Å²) in [5, 5.41) is 3.09. The van der Waals surface area contributed by atoms with Crippen molar-refractivity contribution in [3.63, 3.8) is 0 Å². The number of rotatable bonds is 2. The van der Waals surface area contributed by atoms with E-state index in [1.807, 2.05) is 30.4 Å². The van der Waals surface area contributed by atoms with E-state index in [2.05, 4.69) is 5.32 Å². The van der Waals surface area contributed by atoms with Crippen LogP contribution in [0.4, 0.5) is 5.69 Å². The van der Waals surface area contributed by atoms with E-state index in [1.54, 1.807) is 7.11 Å². The van der Waals surface area contributed by atoms with Gasteiger partial charge in [-0.15, -0.1) is 0 Å². The van der Waals surface area contributed by atoms with Gasteiger partial charge in [0.25, 0.3) is 0 Å². The van der Waals surface area contributed by atoms with E-state index in [4.69, 9.17) is 4.74 Å². The molecule has 1 aromatic carbocycles. The third kappa shape index (κ3) is 1.37. The lowest BCUT2D eigenvalue weighted by molar-refractivity contribution is -0.107. The molecule has 1 atom stereocenters. The number of para-hydroxylation sites is 1. The predicted octanol–water partition coefficient (Wildman–Crippen LogP) is 1.70. The van der Waals surface area contributed by atoms with Gasteiger partial charge in [-0.1, -0.05) is 24.3 Å². The Balaban J connectivity index is 2.45. The fourth-order valence-electron chi connectivity index (χ4n) is 1.51. The summed E-state index contributed by atoms with van der Waals surface area (Å²) in [6.45, 7) is 0. The fourth-order valence-corrected chi connectivity index (χ4v) is 1.51. The highest BCUT2D eigenvalue weighted by molar-refractivity contribution is 5.82. The molecule has 0 spiro atoms. The molecule has 1 heterocycles. The number of fused-ring (bicyclic) bond motifs is 1. The van der Waals surface area contributed by atoms with Crippen LogP contribution in [0.3, 0.4) is 0 Å². The lowest BCUT2D eigenvalue weighted by Crippen LogP contribution is -2.21. The van der Waals surface area contributed by atoms with E-state index >= 15 is 0 Å². The van der Waals surface area contributed by atoms with E-state index in [0.29, 0.717) is 0 Å². The fraction of sp³-hybridized carbons (Fsp3) is 0.182. The molecule has 0 aliphatic carbocycles. The standard InChI is InChI=1S/C11H11NO2/c1-14-10-4-2-3-8-5-6-9(7-13)12-11(8)10/h2-7,9,12H,1H3. The first-order valence-electron chi connectivity index (χ1n) is 4.42. The van der Waals surface area contributed by atoms with Crippen LogP contribution in [0.25, 0.3) is 6.08 Å². The van der Waals surface area contributed by atoms with Gasteiger partial charge in [0, 0.05) is 5.56 Å². The minimum absolute atomic E-state index is 0.251. The number of benzene rings is 1. The molecule has 2 rings (SSSR count). The van der Waals surface area contributed by atoms with Gasteiger partial charge in [-0.2, -0.15) is 0 Å². The molecule has 0 aromatic heterocycles. The normalized spacial score (nSPS) is 18.2. The zero-order valence-electron chi connectivity index (χ0n) is 7.86. The summed E-state index contributed by atoms with van der Waals surface area (Å²) in [5.41, 5.74) is 1.93. The Morgan fingerprint density at radius 1 is 1.50 bits per heavy atom. The summed E-state index contributed by atoms with van der Waals surface area (Å²) in [6.07, 6.45) is 4.62. The van der Waals surface area contributed by atoms with Gasteiger partial charge in [0.1, 0.15) is 18.1 Å². The number of hydrogen-bond acceptors (Lipinski definition) is 3. The Kier molecular flexibility index (Phi) is 2.23. The maximum atomic E-state index is 10.6. The number of carbonyl (C=O) groups is 1. The number of ether oxygens (including phenoxy) is 1. The van der Waals surface area contributed by atoms with E-state index in [0.717, 1.165) is 23.3 Å². The lowest BCUT2D eigenvalue weighted by atomic mass is 10.1. The molecule has 14 heavy (non-hydrogen) atoms. The van der Waals surface area contributed by atoms with E-state index < -0.39 is 0 Å². The van der Waals surface area contributed by atoms with Crippen molar-refractivity contribution in [2.75, 3.05) is 12.4 Å². The maximum Gasteiger partial charge on any atom is 0.146 e. The molecular formula is C11H11NO2. The van der Waals surface area contributed by atoms with Crippen LogP contribution < -0.4 is 10.1 Å². The van der Waals surface area contributed by atoms with Gasteiger partial charge in [0.05, 0.1) is 12.8 Å². The number of methoxy groups -OCH3 is 1. The third-order valence-electron chi connectivity index (χ3n) is 2.22. The summed E-state index contributed by atoms with van der Waals surface area (Å²) >= 11 is 0. The maximum absolute atomic E-state index is 10.6. The topological polar surface area (TPSA) is 38.3 Å². The van der Waals surface area contributed by atoms with E-state index in [-0.39, 0.29) is 6.04 Å². The van der Waals surface area contributed by atoms with Crippen molar-refractivity contribution in [1.29, 1.82) is 0 Å². The zero-order valence-corrected chi connectivity index (χ0v) is 7.86. The van der Waals surface area contributed by atoms with Crippen LogP contribution in [0.1, 0.15) is 5.56 Å². The zero-order chi connectivity index (χ0) is 9.97. The molecule has 0 radical (unpaired) electrons. The SMILES string of the molecule is COc1cccc2c1NC(C=O)C=C2. The molecule has 1 aromatic rings. The molecule has 3 nitrogen and oxygen atoms in total. The molecule has 0 saturated carbocycles. The van der Waals surface area contributed by atoms with E-state index in [1.165, 1.54) is 0 Å². The highest BCUT2D eigenvalue weighted by atomic mass is 16.5. The second-order valence-electron chi connectivity index (χ2n) is 3.09. The first kappa shape index (κ1) is 8.81. The van der Waals surface area contributed by atoms with E-state index in [9.17, 15) is 4.79 Å². The van der Waals surface area contributed by atoms with Gasteiger partial charge in [-0.3, -0.25) is 0 Å². The quantitative estimate of drug-likeness (QED) is 0.719. The van der Waals surface area contributed by atoms with Gasteiger partial charge < -0.3 is 14.8 Å². The van der Waals surface area contributed by atoms with Crippen LogP contribution in [0.2, 0.25) is 0 Å². The van der Waals surface area contributed by atoms with Gasteiger partial charge >= 0.3 is 0 Å². The Labute approximate surface area is 82.4 Å². The Hall–Kier alpha value is -1.77. The molecule has 0 amide bonds. The monoisotopic (exact) mass is 189 g/mol. The molecule has 1 unspecified atom stereocenters. The third-order valence-corrected chi connectivity index (χ3v) is 2.22. The predicted molar refractivity (Wildman–Crippen MR) is 55.5 cm³/mol. The van der Waals surface area contributed by atoms with Crippen molar-refractivity contribution < 1.29 is 9.53 Å². The van der Waals surface area contributed by atoms with Crippen molar-refractivity contribution in [2.45, 2.75) is 6.04 Å². The molecule has 3 heteroatoms. The Morgan fingerprint density at radius 3 is 3.07 bits per heavy atom. The molecule has 1 N–H and O–H groups in total. The summed E-state index contributed by atoms with van der Waals surface area (Å²) in [6, 6.07) is 5.51. The summed E-state index contributed by atoms with van der Waals surface area (Å²) < 4.78 is 5.19. The molecule has 1 aliphatic heterocycles. The summed E-state index contributed by atoms with van der Waals surface area (Å²) in [5.74, 6) is 0.763. The minimum Gasteiger partial charge on any atom is -0.495 e. The van der Waals surface area contributed by atoms with Gasteiger partial charge in [0.15, 0.2) is 0 Å². The minimum atomic E-state index is -0.251. The van der Waals surface area contributed by atoms with Gasteiger partial charge in [-0.05, 0) is 6.07 Å². The summed E-state index contributed by atoms with van der Waals surface area (Å²) in [7, 11) is 1.62. The molecule has 0 fully saturated rings. The van der Waals surface area contributed by atoms with Crippen LogP contribution in [-0.4, -0.2) is 19.4 Å². The molecule has 0 saturated heterocycles. The first-order valence-corrected chi connectivity index (χ1v) is 4.42.